The molecule has 0 fully saturated rings. The highest BCUT2D eigenvalue weighted by molar-refractivity contribution is 5.88. The maximum absolute atomic E-state index is 11.0. The zero-order valence-corrected chi connectivity index (χ0v) is 6.67. The van der Waals surface area contributed by atoms with Crippen molar-refractivity contribution in [2.75, 3.05) is 7.11 Å². The van der Waals surface area contributed by atoms with Crippen LogP contribution in [0.15, 0.2) is 11.6 Å². The summed E-state index contributed by atoms with van der Waals surface area (Å²) in [7, 11) is 1.39. The van der Waals surface area contributed by atoms with Crippen LogP contribution in [-0.2, 0) is 9.53 Å². The summed E-state index contributed by atoms with van der Waals surface area (Å²) >= 11 is 0. The van der Waals surface area contributed by atoms with Gasteiger partial charge in [-0.3, -0.25) is 0 Å². The van der Waals surface area contributed by atoms with Crippen molar-refractivity contribution in [1.82, 2.24) is 0 Å². The molecule has 0 bridgehead atoms. The van der Waals surface area contributed by atoms with Gasteiger partial charge in [-0.25, -0.2) is 4.79 Å². The first-order chi connectivity index (χ1) is 5.24. The second-order valence-electron chi connectivity index (χ2n) is 2.76. The highest BCUT2D eigenvalue weighted by Gasteiger charge is 2.17. The van der Waals surface area contributed by atoms with Crippen molar-refractivity contribution in [3.8, 4) is 0 Å². The molecule has 0 amide bonds. The minimum atomic E-state index is -0.236. The topological polar surface area (TPSA) is 52.3 Å². The second-order valence-corrected chi connectivity index (χ2v) is 2.76. The summed E-state index contributed by atoms with van der Waals surface area (Å²) in [5, 5.41) is 0. The molecular formula is C8H13NO2. The number of nitrogens with two attached hydrogens (primary N) is 1. The van der Waals surface area contributed by atoms with Crippen molar-refractivity contribution < 1.29 is 9.53 Å². The van der Waals surface area contributed by atoms with Crippen LogP contribution in [0.5, 0.6) is 0 Å². The average molecular weight is 155 g/mol. The lowest BCUT2D eigenvalue weighted by molar-refractivity contribution is -0.136. The van der Waals surface area contributed by atoms with Crippen LogP contribution >= 0.6 is 0 Å². The van der Waals surface area contributed by atoms with Gasteiger partial charge in [0.25, 0.3) is 0 Å². The van der Waals surface area contributed by atoms with Gasteiger partial charge in [-0.2, -0.15) is 0 Å². The van der Waals surface area contributed by atoms with Crippen molar-refractivity contribution >= 4 is 5.97 Å². The van der Waals surface area contributed by atoms with Gasteiger partial charge in [0.15, 0.2) is 0 Å². The smallest absolute Gasteiger partial charge is 0.333 e. The molecule has 0 aromatic rings. The highest BCUT2D eigenvalue weighted by atomic mass is 16.5. The minimum Gasteiger partial charge on any atom is -0.466 e. The highest BCUT2D eigenvalue weighted by Crippen LogP contribution is 2.17. The normalized spacial score (nSPS) is 24.2. The van der Waals surface area contributed by atoms with E-state index in [1.807, 2.05) is 6.08 Å². The van der Waals surface area contributed by atoms with E-state index in [9.17, 15) is 4.79 Å². The van der Waals surface area contributed by atoms with Crippen LogP contribution in [0.4, 0.5) is 0 Å². The molecule has 0 spiro atoms. The number of ether oxygens (including phenoxy) is 1. The van der Waals surface area contributed by atoms with Gasteiger partial charge >= 0.3 is 5.97 Å². The maximum Gasteiger partial charge on any atom is 0.333 e. The molecule has 2 N–H and O–H groups in total. The first kappa shape index (κ1) is 8.27. The molecule has 3 nitrogen and oxygen atoms in total. The predicted molar refractivity (Wildman–Crippen MR) is 41.9 cm³/mol. The van der Waals surface area contributed by atoms with Gasteiger partial charge in [0.1, 0.15) is 0 Å². The van der Waals surface area contributed by atoms with Crippen LogP contribution in [0.1, 0.15) is 19.3 Å². The summed E-state index contributed by atoms with van der Waals surface area (Å²) < 4.78 is 4.58. The Hall–Kier alpha value is -0.830. The summed E-state index contributed by atoms with van der Waals surface area (Å²) in [5.41, 5.74) is 6.40. The largest absolute Gasteiger partial charge is 0.466 e. The van der Waals surface area contributed by atoms with E-state index in [1.54, 1.807) is 0 Å². The average Bonchev–Trinajstić information content (AvgIpc) is 2.03. The molecule has 0 saturated carbocycles. The number of carbonyl (C=O) groups is 1. The molecule has 0 unspecified atom stereocenters. The summed E-state index contributed by atoms with van der Waals surface area (Å²) in [6.07, 6.45) is 4.44. The van der Waals surface area contributed by atoms with E-state index in [-0.39, 0.29) is 12.0 Å². The predicted octanol–water partition coefficient (Wildman–Crippen LogP) is 0.597. The van der Waals surface area contributed by atoms with Crippen LogP contribution in [0, 0.1) is 0 Å². The lowest BCUT2D eigenvalue weighted by Crippen LogP contribution is -2.25. The Kier molecular flexibility index (Phi) is 2.65. The Morgan fingerprint density at radius 3 is 3.09 bits per heavy atom. The molecule has 1 aliphatic rings. The van der Waals surface area contributed by atoms with Crippen LogP contribution in [0.3, 0.4) is 0 Å². The Balaban J connectivity index is 2.57. The van der Waals surface area contributed by atoms with E-state index < -0.39 is 0 Å². The molecule has 62 valence electrons. The molecule has 0 saturated heterocycles. The molecule has 0 aliphatic heterocycles. The fourth-order valence-electron chi connectivity index (χ4n) is 1.24. The molecule has 11 heavy (non-hydrogen) atoms. The summed E-state index contributed by atoms with van der Waals surface area (Å²) in [6.45, 7) is 0. The molecule has 0 radical (unpaired) electrons. The first-order valence-electron chi connectivity index (χ1n) is 3.77. The molecule has 1 aliphatic carbocycles. The van der Waals surface area contributed by atoms with Crippen molar-refractivity contribution in [2.45, 2.75) is 25.3 Å². The SMILES string of the molecule is COC(=O)C1=CCC[C@@H](N)C1. The third-order valence-corrected chi connectivity index (χ3v) is 1.86. The van der Waals surface area contributed by atoms with Crippen LogP contribution in [-0.4, -0.2) is 19.1 Å². The molecule has 3 heteroatoms. The number of rotatable bonds is 1. The van der Waals surface area contributed by atoms with E-state index in [4.69, 9.17) is 5.73 Å². The molecule has 0 heterocycles. The number of esters is 1. The summed E-state index contributed by atoms with van der Waals surface area (Å²) in [6, 6.07) is 0.133. The molecule has 0 aromatic carbocycles. The van der Waals surface area contributed by atoms with Gasteiger partial charge in [0.05, 0.1) is 7.11 Å². The van der Waals surface area contributed by atoms with Gasteiger partial charge < -0.3 is 10.5 Å². The monoisotopic (exact) mass is 155 g/mol. The van der Waals surface area contributed by atoms with Crippen molar-refractivity contribution in [3.05, 3.63) is 11.6 Å². The van der Waals surface area contributed by atoms with E-state index in [0.717, 1.165) is 18.4 Å². The van der Waals surface area contributed by atoms with Crippen molar-refractivity contribution in [1.29, 1.82) is 0 Å². The second kappa shape index (κ2) is 3.53. The third-order valence-electron chi connectivity index (χ3n) is 1.86. The Morgan fingerprint density at radius 1 is 1.82 bits per heavy atom. The first-order valence-corrected chi connectivity index (χ1v) is 3.77. The van der Waals surface area contributed by atoms with Gasteiger partial charge in [0.2, 0.25) is 0 Å². The third kappa shape index (κ3) is 2.05. The lowest BCUT2D eigenvalue weighted by atomic mass is 9.96. The van der Waals surface area contributed by atoms with E-state index >= 15 is 0 Å². The maximum atomic E-state index is 11.0. The van der Waals surface area contributed by atoms with Gasteiger partial charge in [-0.15, -0.1) is 0 Å². The minimum absolute atomic E-state index is 0.133. The Morgan fingerprint density at radius 2 is 2.55 bits per heavy atom. The molecular weight excluding hydrogens is 142 g/mol. The fraction of sp³-hybridized carbons (Fsp3) is 0.625. The Bertz CT molecular complexity index is 187. The fourth-order valence-corrected chi connectivity index (χ4v) is 1.24. The van der Waals surface area contributed by atoms with Crippen LogP contribution in [0.2, 0.25) is 0 Å². The molecule has 1 rings (SSSR count). The standard InChI is InChI=1S/C8H13NO2/c1-11-8(10)6-3-2-4-7(9)5-6/h3,7H,2,4-5,9H2,1H3/t7-/m1/s1. The van der Waals surface area contributed by atoms with E-state index in [1.165, 1.54) is 7.11 Å². The van der Waals surface area contributed by atoms with Crippen LogP contribution < -0.4 is 5.73 Å². The number of methoxy groups -OCH3 is 1. The zero-order valence-electron chi connectivity index (χ0n) is 6.67. The van der Waals surface area contributed by atoms with Crippen molar-refractivity contribution in [3.63, 3.8) is 0 Å². The van der Waals surface area contributed by atoms with Crippen LogP contribution in [0.25, 0.3) is 0 Å². The lowest BCUT2D eigenvalue weighted by Gasteiger charge is -2.16. The van der Waals surface area contributed by atoms with E-state index in [0.29, 0.717) is 6.42 Å². The molecule has 0 aromatic heterocycles. The van der Waals surface area contributed by atoms with Gasteiger partial charge in [-0.1, -0.05) is 6.08 Å². The summed E-state index contributed by atoms with van der Waals surface area (Å²) in [4.78, 5) is 11.0. The number of hydrogen-bond acceptors (Lipinski definition) is 3. The zero-order chi connectivity index (χ0) is 8.27. The number of allylic oxidation sites excluding steroid dienone is 1. The van der Waals surface area contributed by atoms with Gasteiger partial charge in [-0.05, 0) is 19.3 Å². The van der Waals surface area contributed by atoms with Crippen molar-refractivity contribution in [2.24, 2.45) is 5.73 Å². The van der Waals surface area contributed by atoms with Gasteiger partial charge in [0, 0.05) is 11.6 Å². The quantitative estimate of drug-likeness (QED) is 0.564. The summed E-state index contributed by atoms with van der Waals surface area (Å²) in [5.74, 6) is -0.236. The van der Waals surface area contributed by atoms with E-state index in [2.05, 4.69) is 4.74 Å². The Labute approximate surface area is 66.2 Å². The number of hydrogen-bond donors (Lipinski definition) is 1. The molecule has 1 atom stereocenters. The number of carbonyl (C=O) groups excluding carboxylic acids is 1.